The number of likely N-dealkylation sites (N-methyl/N-ethyl adjacent to an activating group) is 1. The van der Waals surface area contributed by atoms with E-state index in [1.165, 1.54) is 24.1 Å². The van der Waals surface area contributed by atoms with Gasteiger partial charge in [-0.2, -0.15) is 0 Å². The molecule has 1 amide bonds. The summed E-state index contributed by atoms with van der Waals surface area (Å²) in [4.78, 5) is 14.2. The van der Waals surface area contributed by atoms with E-state index < -0.39 is 10.0 Å². The van der Waals surface area contributed by atoms with Crippen LogP contribution in [0.1, 0.15) is 22.8 Å². The summed E-state index contributed by atoms with van der Waals surface area (Å²) >= 11 is 0. The first-order valence-electron chi connectivity index (χ1n) is 8.44. The molecule has 2 aromatic rings. The molecule has 8 heteroatoms. The number of carbonyl (C=O) groups excluding carboxylic acids is 1. The van der Waals surface area contributed by atoms with Crippen molar-refractivity contribution in [2.24, 2.45) is 5.73 Å². The Balaban J connectivity index is 2.33. The van der Waals surface area contributed by atoms with Gasteiger partial charge in [-0.1, -0.05) is 6.07 Å². The van der Waals surface area contributed by atoms with Crippen molar-refractivity contribution in [3.63, 3.8) is 0 Å². The zero-order valence-corrected chi connectivity index (χ0v) is 16.7. The molecule has 0 radical (unpaired) electrons. The van der Waals surface area contributed by atoms with Crippen LogP contribution in [0, 0.1) is 6.92 Å². The van der Waals surface area contributed by atoms with Gasteiger partial charge in [0.1, 0.15) is 5.75 Å². The number of nitrogens with one attached hydrogen (secondary N) is 1. The monoisotopic (exact) mass is 391 g/mol. The Morgan fingerprint density at radius 3 is 2.41 bits per heavy atom. The molecule has 0 aliphatic heterocycles. The van der Waals surface area contributed by atoms with E-state index in [2.05, 4.69) is 4.72 Å². The van der Waals surface area contributed by atoms with Gasteiger partial charge < -0.3 is 15.4 Å². The highest BCUT2D eigenvalue weighted by Gasteiger charge is 2.22. The number of hydrogen-bond acceptors (Lipinski definition) is 5. The van der Waals surface area contributed by atoms with Gasteiger partial charge in [0.15, 0.2) is 0 Å². The number of nitrogens with zero attached hydrogens (tertiary/aromatic N) is 1. The lowest BCUT2D eigenvalue weighted by Gasteiger charge is -2.24. The number of sulfonamides is 1. The summed E-state index contributed by atoms with van der Waals surface area (Å²) in [6, 6.07) is 10.9. The summed E-state index contributed by atoms with van der Waals surface area (Å²) in [6.07, 6.45) is 0. The molecule has 0 aromatic heterocycles. The van der Waals surface area contributed by atoms with Gasteiger partial charge in [-0.3, -0.25) is 9.52 Å². The molecule has 146 valence electrons. The Morgan fingerprint density at radius 2 is 1.85 bits per heavy atom. The predicted octanol–water partition coefficient (Wildman–Crippen LogP) is 2.22. The fraction of sp³-hybridized carbons (Fsp3) is 0.316. The zero-order chi connectivity index (χ0) is 20.2. The number of rotatable bonds is 7. The second kappa shape index (κ2) is 8.41. The minimum atomic E-state index is -3.84. The lowest BCUT2D eigenvalue weighted by atomic mass is 10.1. The van der Waals surface area contributed by atoms with E-state index in [1.807, 2.05) is 6.92 Å². The molecule has 0 heterocycles. The molecule has 2 rings (SSSR count). The summed E-state index contributed by atoms with van der Waals surface area (Å²) in [7, 11) is -0.660. The van der Waals surface area contributed by atoms with Crippen molar-refractivity contribution < 1.29 is 17.9 Å². The fourth-order valence-electron chi connectivity index (χ4n) is 2.42. The Kier molecular flexibility index (Phi) is 6.45. The number of amides is 1. The van der Waals surface area contributed by atoms with E-state index >= 15 is 0 Å². The van der Waals surface area contributed by atoms with Crippen molar-refractivity contribution in [2.75, 3.05) is 25.4 Å². The minimum absolute atomic E-state index is 0.0149. The summed E-state index contributed by atoms with van der Waals surface area (Å²) in [5, 5.41) is 0. The van der Waals surface area contributed by atoms with Gasteiger partial charge in [-0.05, 0) is 55.8 Å². The number of hydrogen-bond donors (Lipinski definition) is 2. The maximum atomic E-state index is 12.7. The summed E-state index contributed by atoms with van der Waals surface area (Å²) < 4.78 is 33.0. The molecule has 1 unspecified atom stereocenters. The smallest absolute Gasteiger partial charge is 0.261 e. The van der Waals surface area contributed by atoms with Gasteiger partial charge in [-0.15, -0.1) is 0 Å². The van der Waals surface area contributed by atoms with Crippen molar-refractivity contribution in [1.82, 2.24) is 4.90 Å². The Labute approximate surface area is 160 Å². The third-order valence-electron chi connectivity index (χ3n) is 4.41. The maximum Gasteiger partial charge on any atom is 0.261 e. The van der Waals surface area contributed by atoms with Crippen LogP contribution >= 0.6 is 0 Å². The van der Waals surface area contributed by atoms with Gasteiger partial charge in [-0.25, -0.2) is 8.42 Å². The molecule has 0 saturated carbocycles. The largest absolute Gasteiger partial charge is 0.497 e. The lowest BCUT2D eigenvalue weighted by molar-refractivity contribution is 0.0747. The Hall–Kier alpha value is -2.58. The van der Waals surface area contributed by atoms with E-state index in [4.69, 9.17) is 10.5 Å². The molecule has 0 bridgehead atoms. The molecule has 0 aliphatic rings. The van der Waals surface area contributed by atoms with Crippen molar-refractivity contribution in [2.45, 2.75) is 24.8 Å². The topological polar surface area (TPSA) is 102 Å². The molecule has 1 atom stereocenters. The highest BCUT2D eigenvalue weighted by Crippen LogP contribution is 2.22. The first-order chi connectivity index (χ1) is 12.7. The van der Waals surface area contributed by atoms with Gasteiger partial charge >= 0.3 is 0 Å². The van der Waals surface area contributed by atoms with E-state index in [9.17, 15) is 13.2 Å². The molecule has 27 heavy (non-hydrogen) atoms. The van der Waals surface area contributed by atoms with E-state index in [1.54, 1.807) is 44.3 Å². The third-order valence-corrected chi connectivity index (χ3v) is 5.79. The molecule has 2 aromatic carbocycles. The summed E-state index contributed by atoms with van der Waals surface area (Å²) in [5.41, 5.74) is 7.05. The van der Waals surface area contributed by atoms with Crippen molar-refractivity contribution in [3.8, 4) is 5.75 Å². The number of benzene rings is 2. The number of nitrogens with two attached hydrogens (primary N) is 1. The van der Waals surface area contributed by atoms with Gasteiger partial charge in [0.05, 0.1) is 12.0 Å². The van der Waals surface area contributed by atoms with Crippen LogP contribution in [0.15, 0.2) is 47.4 Å². The van der Waals surface area contributed by atoms with Crippen LogP contribution in [-0.4, -0.2) is 46.0 Å². The molecule has 0 saturated heterocycles. The van der Waals surface area contributed by atoms with Crippen LogP contribution in [0.4, 0.5) is 5.69 Å². The van der Waals surface area contributed by atoms with Crippen LogP contribution in [0.3, 0.4) is 0 Å². The van der Waals surface area contributed by atoms with E-state index in [0.29, 0.717) is 29.1 Å². The Morgan fingerprint density at radius 1 is 1.22 bits per heavy atom. The normalized spacial score (nSPS) is 12.3. The first kappa shape index (κ1) is 20.7. The zero-order valence-electron chi connectivity index (χ0n) is 15.9. The lowest BCUT2D eigenvalue weighted by Crippen LogP contribution is -2.40. The number of anilines is 1. The summed E-state index contributed by atoms with van der Waals surface area (Å²) in [5.74, 6) is 0.352. The average molecular weight is 391 g/mol. The van der Waals surface area contributed by atoms with Crippen LogP contribution in [-0.2, 0) is 10.0 Å². The molecule has 0 aliphatic carbocycles. The minimum Gasteiger partial charge on any atom is -0.497 e. The first-order valence-corrected chi connectivity index (χ1v) is 9.92. The Bertz CT molecular complexity index is 911. The van der Waals surface area contributed by atoms with Crippen LogP contribution in [0.25, 0.3) is 0 Å². The van der Waals surface area contributed by atoms with Crippen molar-refractivity contribution in [1.29, 1.82) is 0 Å². The van der Waals surface area contributed by atoms with Gasteiger partial charge in [0.2, 0.25) is 0 Å². The quantitative estimate of drug-likeness (QED) is 0.754. The maximum absolute atomic E-state index is 12.7. The van der Waals surface area contributed by atoms with Gasteiger partial charge in [0.25, 0.3) is 15.9 Å². The predicted molar refractivity (Wildman–Crippen MR) is 106 cm³/mol. The van der Waals surface area contributed by atoms with Crippen LogP contribution in [0.5, 0.6) is 5.75 Å². The highest BCUT2D eigenvalue weighted by molar-refractivity contribution is 7.92. The number of methoxy groups -OCH3 is 1. The molecule has 7 nitrogen and oxygen atoms in total. The molecular formula is C19H25N3O4S. The fourth-order valence-corrected chi connectivity index (χ4v) is 3.50. The number of ether oxygens (including phenoxy) is 1. The highest BCUT2D eigenvalue weighted by atomic mass is 32.2. The molecular weight excluding hydrogens is 366 g/mol. The molecule has 3 N–H and O–H groups in total. The van der Waals surface area contributed by atoms with Crippen molar-refractivity contribution >= 4 is 21.6 Å². The third kappa shape index (κ3) is 4.78. The van der Waals surface area contributed by atoms with E-state index in [-0.39, 0.29) is 16.8 Å². The summed E-state index contributed by atoms with van der Waals surface area (Å²) in [6.45, 7) is 3.92. The number of aryl methyl sites for hydroxylation is 1. The SMILES string of the molecule is COc1ccc(NS(=O)(=O)c2ccc(C)c(C(=O)N(C)C(C)CN)c2)cc1. The van der Waals surface area contributed by atoms with Crippen LogP contribution in [0.2, 0.25) is 0 Å². The van der Waals surface area contributed by atoms with Gasteiger partial charge in [0, 0.05) is 30.9 Å². The van der Waals surface area contributed by atoms with E-state index in [0.717, 1.165) is 0 Å². The number of carbonyl (C=O) groups is 1. The second-order valence-electron chi connectivity index (χ2n) is 6.31. The van der Waals surface area contributed by atoms with Crippen molar-refractivity contribution in [3.05, 3.63) is 53.6 Å². The van der Waals surface area contributed by atoms with Crippen LogP contribution < -0.4 is 15.2 Å². The molecule has 0 spiro atoms. The average Bonchev–Trinajstić information content (AvgIpc) is 2.66. The second-order valence-corrected chi connectivity index (χ2v) is 7.99. The molecule has 0 fully saturated rings. The standard InChI is InChI=1S/C19H25N3O4S/c1-13-5-10-17(11-18(13)19(23)22(3)14(2)12-20)27(24,25)21-15-6-8-16(26-4)9-7-15/h5-11,14,21H,12,20H2,1-4H3.